The Balaban J connectivity index is 0.00000242. The number of halogens is 3. The first-order valence-corrected chi connectivity index (χ1v) is 8.15. The van der Waals surface area contributed by atoms with E-state index in [-0.39, 0.29) is 23.7 Å². The maximum atomic E-state index is 12.1. The summed E-state index contributed by atoms with van der Waals surface area (Å²) >= 11 is 12.1. The molecule has 1 aromatic rings. The number of nitrogens with one attached hydrogen (secondary N) is 1. The predicted molar refractivity (Wildman–Crippen MR) is 95.1 cm³/mol. The minimum absolute atomic E-state index is 0. The van der Waals surface area contributed by atoms with E-state index >= 15 is 0 Å². The second-order valence-electron chi connectivity index (χ2n) is 5.96. The van der Waals surface area contributed by atoms with Crippen LogP contribution >= 0.6 is 35.6 Å². The second kappa shape index (κ2) is 7.39. The van der Waals surface area contributed by atoms with E-state index in [1.54, 1.807) is 0 Å². The molecule has 2 rings (SSSR count). The summed E-state index contributed by atoms with van der Waals surface area (Å²) in [6.07, 6.45) is 3.35. The highest BCUT2D eigenvalue weighted by Crippen LogP contribution is 2.36. The van der Waals surface area contributed by atoms with Gasteiger partial charge in [-0.05, 0) is 43.4 Å². The van der Waals surface area contributed by atoms with Gasteiger partial charge >= 0.3 is 0 Å². The zero-order valence-electron chi connectivity index (χ0n) is 12.9. The highest BCUT2D eigenvalue weighted by atomic mass is 35.5. The van der Waals surface area contributed by atoms with E-state index in [4.69, 9.17) is 28.9 Å². The van der Waals surface area contributed by atoms with Gasteiger partial charge in [-0.15, -0.1) is 12.4 Å². The third-order valence-electron chi connectivity index (χ3n) is 4.71. The van der Waals surface area contributed by atoms with Gasteiger partial charge in [-0.1, -0.05) is 43.1 Å². The van der Waals surface area contributed by atoms with Crippen LogP contribution in [0.2, 0.25) is 10.0 Å². The summed E-state index contributed by atoms with van der Waals surface area (Å²) in [6, 6.07) is 5.70. The normalized spacial score (nSPS) is 15.9. The molecule has 1 aliphatic rings. The first kappa shape index (κ1) is 19.6. The highest BCUT2D eigenvalue weighted by Gasteiger charge is 2.46. The van der Waals surface area contributed by atoms with Gasteiger partial charge in [0, 0.05) is 12.0 Å². The molecular formula is C16H23Cl3N2O. The summed E-state index contributed by atoms with van der Waals surface area (Å²) < 4.78 is 0. The van der Waals surface area contributed by atoms with Gasteiger partial charge in [-0.2, -0.15) is 0 Å². The molecule has 1 aromatic carbocycles. The van der Waals surface area contributed by atoms with Crippen molar-refractivity contribution in [2.75, 3.05) is 6.54 Å². The van der Waals surface area contributed by atoms with Crippen molar-refractivity contribution >= 4 is 41.5 Å². The molecule has 0 spiro atoms. The summed E-state index contributed by atoms with van der Waals surface area (Å²) in [5.74, 6) is -0.0474. The van der Waals surface area contributed by atoms with Gasteiger partial charge in [-0.3, -0.25) is 4.79 Å². The van der Waals surface area contributed by atoms with Crippen LogP contribution in [0.3, 0.4) is 0 Å². The SMILES string of the molecule is CCC(CC)(CNC(=O)C1(N)CC1)c1ccc(Cl)c(Cl)c1.Cl. The summed E-state index contributed by atoms with van der Waals surface area (Å²) in [4.78, 5) is 12.1. The predicted octanol–water partition coefficient (Wildman–Crippen LogP) is 4.08. The lowest BCUT2D eigenvalue weighted by Gasteiger charge is -2.33. The minimum atomic E-state index is -0.634. The fraction of sp³-hybridized carbons (Fsp3) is 0.562. The van der Waals surface area contributed by atoms with Crippen molar-refractivity contribution in [3.05, 3.63) is 33.8 Å². The molecule has 0 atom stereocenters. The van der Waals surface area contributed by atoms with E-state index in [0.29, 0.717) is 16.6 Å². The van der Waals surface area contributed by atoms with Gasteiger partial charge in [0.05, 0.1) is 15.6 Å². The Labute approximate surface area is 148 Å². The summed E-state index contributed by atoms with van der Waals surface area (Å²) in [5.41, 5.74) is 6.26. The smallest absolute Gasteiger partial charge is 0.240 e. The number of benzene rings is 1. The molecule has 3 nitrogen and oxygen atoms in total. The number of amides is 1. The van der Waals surface area contributed by atoms with Crippen molar-refractivity contribution in [2.24, 2.45) is 5.73 Å². The van der Waals surface area contributed by atoms with Gasteiger partial charge in [0.25, 0.3) is 0 Å². The first-order valence-electron chi connectivity index (χ1n) is 7.39. The second-order valence-corrected chi connectivity index (χ2v) is 6.77. The van der Waals surface area contributed by atoms with Crippen molar-refractivity contribution in [2.45, 2.75) is 50.5 Å². The molecular weight excluding hydrogens is 343 g/mol. The lowest BCUT2D eigenvalue weighted by atomic mass is 9.75. The van der Waals surface area contributed by atoms with E-state index in [1.807, 2.05) is 18.2 Å². The molecule has 124 valence electrons. The Kier molecular flexibility index (Phi) is 6.58. The molecule has 0 aliphatic heterocycles. The van der Waals surface area contributed by atoms with Crippen LogP contribution in [-0.4, -0.2) is 18.0 Å². The molecule has 1 aliphatic carbocycles. The monoisotopic (exact) mass is 364 g/mol. The topological polar surface area (TPSA) is 55.1 Å². The molecule has 0 bridgehead atoms. The number of nitrogens with two attached hydrogens (primary N) is 1. The first-order chi connectivity index (χ1) is 9.87. The van der Waals surface area contributed by atoms with E-state index in [2.05, 4.69) is 19.2 Å². The third-order valence-corrected chi connectivity index (χ3v) is 5.45. The Morgan fingerprint density at radius 3 is 2.32 bits per heavy atom. The van der Waals surface area contributed by atoms with Gasteiger partial charge in [-0.25, -0.2) is 0 Å². The molecule has 0 radical (unpaired) electrons. The van der Waals surface area contributed by atoms with Crippen LogP contribution in [-0.2, 0) is 10.2 Å². The zero-order valence-corrected chi connectivity index (χ0v) is 15.2. The Bertz CT molecular complexity index is 540. The van der Waals surface area contributed by atoms with E-state index in [0.717, 1.165) is 31.2 Å². The van der Waals surface area contributed by atoms with Crippen molar-refractivity contribution < 1.29 is 4.79 Å². The van der Waals surface area contributed by atoms with Crippen LogP contribution in [0.25, 0.3) is 0 Å². The van der Waals surface area contributed by atoms with Crippen LogP contribution in [0, 0.1) is 0 Å². The van der Waals surface area contributed by atoms with Crippen LogP contribution in [0.4, 0.5) is 0 Å². The van der Waals surface area contributed by atoms with E-state index < -0.39 is 5.54 Å². The number of carbonyl (C=O) groups is 1. The van der Waals surface area contributed by atoms with Gasteiger partial charge < -0.3 is 11.1 Å². The largest absolute Gasteiger partial charge is 0.354 e. The van der Waals surface area contributed by atoms with E-state index in [9.17, 15) is 4.79 Å². The minimum Gasteiger partial charge on any atom is -0.354 e. The van der Waals surface area contributed by atoms with Crippen molar-refractivity contribution in [3.8, 4) is 0 Å². The van der Waals surface area contributed by atoms with E-state index in [1.165, 1.54) is 0 Å². The zero-order chi connectivity index (χ0) is 15.7. The number of hydrogen-bond acceptors (Lipinski definition) is 2. The van der Waals surface area contributed by atoms with Crippen LogP contribution in [0.5, 0.6) is 0 Å². The fourth-order valence-electron chi connectivity index (χ4n) is 2.62. The Hall–Kier alpha value is -0.480. The van der Waals surface area contributed by atoms with Crippen molar-refractivity contribution in [3.63, 3.8) is 0 Å². The molecule has 1 fully saturated rings. The quantitative estimate of drug-likeness (QED) is 0.798. The number of carbonyl (C=O) groups excluding carboxylic acids is 1. The Morgan fingerprint density at radius 2 is 1.86 bits per heavy atom. The molecule has 0 aromatic heterocycles. The van der Waals surface area contributed by atoms with Crippen LogP contribution < -0.4 is 11.1 Å². The lowest BCUT2D eigenvalue weighted by molar-refractivity contribution is -0.123. The summed E-state index contributed by atoms with van der Waals surface area (Å²) in [5, 5.41) is 4.11. The standard InChI is InChI=1S/C16H22Cl2N2O.ClH/c1-3-15(4-2,10-20-14(21)16(19)7-8-16)11-5-6-12(17)13(18)9-11;/h5-6,9H,3-4,7-8,10,19H2,1-2H3,(H,20,21);1H. The molecule has 6 heteroatoms. The number of hydrogen-bond donors (Lipinski definition) is 2. The van der Waals surface area contributed by atoms with Gasteiger partial charge in [0.15, 0.2) is 0 Å². The highest BCUT2D eigenvalue weighted by molar-refractivity contribution is 6.42. The molecule has 22 heavy (non-hydrogen) atoms. The average molecular weight is 366 g/mol. The lowest BCUT2D eigenvalue weighted by Crippen LogP contribution is -2.48. The third kappa shape index (κ3) is 3.88. The average Bonchev–Trinajstić information content (AvgIpc) is 3.23. The molecule has 0 heterocycles. The maximum absolute atomic E-state index is 12.1. The van der Waals surface area contributed by atoms with Gasteiger partial charge in [0.1, 0.15) is 0 Å². The number of rotatable bonds is 6. The van der Waals surface area contributed by atoms with Gasteiger partial charge in [0.2, 0.25) is 5.91 Å². The summed E-state index contributed by atoms with van der Waals surface area (Å²) in [7, 11) is 0. The summed E-state index contributed by atoms with van der Waals surface area (Å²) in [6.45, 7) is 4.80. The van der Waals surface area contributed by atoms with Crippen molar-refractivity contribution in [1.29, 1.82) is 0 Å². The molecule has 1 saturated carbocycles. The molecule has 0 unspecified atom stereocenters. The Morgan fingerprint density at radius 1 is 1.27 bits per heavy atom. The molecule has 1 amide bonds. The van der Waals surface area contributed by atoms with Crippen LogP contribution in [0.15, 0.2) is 18.2 Å². The molecule has 3 N–H and O–H groups in total. The fourth-order valence-corrected chi connectivity index (χ4v) is 2.92. The van der Waals surface area contributed by atoms with Crippen LogP contribution in [0.1, 0.15) is 45.1 Å². The maximum Gasteiger partial charge on any atom is 0.240 e. The van der Waals surface area contributed by atoms with Crippen molar-refractivity contribution in [1.82, 2.24) is 5.32 Å². The molecule has 0 saturated heterocycles.